The van der Waals surface area contributed by atoms with E-state index in [0.29, 0.717) is 0 Å². The zero-order valence-corrected chi connectivity index (χ0v) is 30.4. The number of rotatable bonds is 6. The van der Waals surface area contributed by atoms with Gasteiger partial charge in [0.15, 0.2) is 0 Å². The minimum Gasteiger partial charge on any atom is -0.455 e. The Morgan fingerprint density at radius 1 is 0.339 bits per heavy atom. The van der Waals surface area contributed by atoms with Gasteiger partial charge in [0.05, 0.1) is 22.4 Å². The number of hydrogen-bond acceptors (Lipinski definition) is 2. The minimum atomic E-state index is 0.906. The number of para-hydroxylation sites is 3. The van der Waals surface area contributed by atoms with Crippen LogP contribution in [0.1, 0.15) is 0 Å². The first-order valence-electron chi connectivity index (χ1n) is 19.0. The molecular formula is C53H34N2O. The molecule has 3 nitrogen and oxygen atoms in total. The third-order valence-electron chi connectivity index (χ3n) is 11.0. The summed E-state index contributed by atoms with van der Waals surface area (Å²) in [5, 5.41) is 4.70. The topological polar surface area (TPSA) is 31.0 Å². The summed E-state index contributed by atoms with van der Waals surface area (Å²) in [4.78, 5) is 5.21. The first-order valence-corrected chi connectivity index (χ1v) is 19.0. The molecule has 11 rings (SSSR count). The molecule has 262 valence electrons. The molecule has 0 aliphatic rings. The Balaban J connectivity index is 1.02. The first-order chi connectivity index (χ1) is 27.7. The van der Waals surface area contributed by atoms with Gasteiger partial charge in [0.25, 0.3) is 0 Å². The Hall–Kier alpha value is -7.49. The summed E-state index contributed by atoms with van der Waals surface area (Å²) >= 11 is 0. The molecule has 0 N–H and O–H groups in total. The average molecular weight is 715 g/mol. The zero-order chi connectivity index (χ0) is 37.0. The summed E-state index contributed by atoms with van der Waals surface area (Å²) < 4.78 is 8.83. The molecule has 56 heavy (non-hydrogen) atoms. The fourth-order valence-electron chi connectivity index (χ4n) is 8.31. The molecule has 8 aromatic carbocycles. The molecular weight excluding hydrogens is 681 g/mol. The van der Waals surface area contributed by atoms with Crippen molar-refractivity contribution in [3.8, 4) is 61.6 Å². The van der Waals surface area contributed by atoms with Gasteiger partial charge in [-0.15, -0.1) is 0 Å². The van der Waals surface area contributed by atoms with Gasteiger partial charge in [0.2, 0.25) is 0 Å². The fraction of sp³-hybridized carbons (Fsp3) is 0. The Kier molecular flexibility index (Phi) is 7.49. The predicted octanol–water partition coefficient (Wildman–Crippen LogP) is 14.4. The summed E-state index contributed by atoms with van der Waals surface area (Å²) in [6.45, 7) is 0. The third kappa shape index (κ3) is 5.40. The van der Waals surface area contributed by atoms with Gasteiger partial charge in [-0.1, -0.05) is 152 Å². The molecule has 0 bridgehead atoms. The van der Waals surface area contributed by atoms with Crippen molar-refractivity contribution in [1.29, 1.82) is 0 Å². The van der Waals surface area contributed by atoms with Crippen LogP contribution in [0.15, 0.2) is 211 Å². The van der Waals surface area contributed by atoms with Gasteiger partial charge in [-0.3, -0.25) is 0 Å². The molecule has 0 aliphatic heterocycles. The highest BCUT2D eigenvalue weighted by Crippen LogP contribution is 2.39. The van der Waals surface area contributed by atoms with Crippen LogP contribution < -0.4 is 0 Å². The molecule has 0 amide bonds. The highest BCUT2D eigenvalue weighted by Gasteiger charge is 2.17. The van der Waals surface area contributed by atoms with Crippen molar-refractivity contribution in [2.24, 2.45) is 0 Å². The van der Waals surface area contributed by atoms with E-state index in [1.165, 1.54) is 21.9 Å². The SMILES string of the molecule is c1ccc(-c2cc(-c3ccccc3)nc(-c3cccc(-c4ccc5c(c4)c4ccccc4n5-c4cccc(-c5cccc6c5oc5ccccc56)c4)c3)c2)cc1. The second-order valence-corrected chi connectivity index (χ2v) is 14.4. The monoisotopic (exact) mass is 714 g/mol. The van der Waals surface area contributed by atoms with Crippen molar-refractivity contribution in [3.05, 3.63) is 206 Å². The van der Waals surface area contributed by atoms with E-state index in [1.807, 2.05) is 18.2 Å². The summed E-state index contributed by atoms with van der Waals surface area (Å²) in [6.07, 6.45) is 0. The van der Waals surface area contributed by atoms with Crippen molar-refractivity contribution in [1.82, 2.24) is 9.55 Å². The van der Waals surface area contributed by atoms with E-state index in [1.54, 1.807) is 0 Å². The first kappa shape index (κ1) is 32.0. The van der Waals surface area contributed by atoms with E-state index in [2.05, 4.69) is 193 Å². The van der Waals surface area contributed by atoms with Gasteiger partial charge in [-0.25, -0.2) is 4.98 Å². The van der Waals surface area contributed by atoms with Crippen molar-refractivity contribution in [3.63, 3.8) is 0 Å². The number of nitrogens with zero attached hydrogens (tertiary/aromatic N) is 2. The fourth-order valence-corrected chi connectivity index (χ4v) is 8.31. The normalized spacial score (nSPS) is 11.6. The molecule has 0 radical (unpaired) electrons. The lowest BCUT2D eigenvalue weighted by molar-refractivity contribution is 0.670. The lowest BCUT2D eigenvalue weighted by atomic mass is 9.97. The van der Waals surface area contributed by atoms with Crippen LogP contribution >= 0.6 is 0 Å². The Morgan fingerprint density at radius 2 is 0.946 bits per heavy atom. The molecule has 3 aromatic heterocycles. The van der Waals surface area contributed by atoms with E-state index < -0.39 is 0 Å². The molecule has 0 spiro atoms. The van der Waals surface area contributed by atoms with E-state index in [-0.39, 0.29) is 0 Å². The summed E-state index contributed by atoms with van der Waals surface area (Å²) in [7, 11) is 0. The summed E-state index contributed by atoms with van der Waals surface area (Å²) in [5.74, 6) is 0. The highest BCUT2D eigenvalue weighted by molar-refractivity contribution is 6.11. The molecule has 0 unspecified atom stereocenters. The van der Waals surface area contributed by atoms with Crippen LogP contribution in [0.25, 0.3) is 105 Å². The largest absolute Gasteiger partial charge is 0.455 e. The van der Waals surface area contributed by atoms with Crippen molar-refractivity contribution < 1.29 is 4.42 Å². The van der Waals surface area contributed by atoms with Gasteiger partial charge < -0.3 is 8.98 Å². The van der Waals surface area contributed by atoms with Crippen LogP contribution in [-0.4, -0.2) is 9.55 Å². The molecule has 0 saturated carbocycles. The second kappa shape index (κ2) is 13.1. The van der Waals surface area contributed by atoms with E-state index >= 15 is 0 Å². The van der Waals surface area contributed by atoms with Crippen LogP contribution in [0.2, 0.25) is 0 Å². The van der Waals surface area contributed by atoms with Gasteiger partial charge in [0.1, 0.15) is 11.2 Å². The Labute approximate surface area is 324 Å². The number of fused-ring (bicyclic) bond motifs is 6. The molecule has 0 saturated heterocycles. The van der Waals surface area contributed by atoms with Crippen molar-refractivity contribution in [2.75, 3.05) is 0 Å². The highest BCUT2D eigenvalue weighted by atomic mass is 16.3. The zero-order valence-electron chi connectivity index (χ0n) is 30.4. The third-order valence-corrected chi connectivity index (χ3v) is 11.0. The van der Waals surface area contributed by atoms with E-state index in [9.17, 15) is 0 Å². The smallest absolute Gasteiger partial charge is 0.143 e. The maximum absolute atomic E-state index is 6.44. The van der Waals surface area contributed by atoms with Gasteiger partial charge in [-0.2, -0.15) is 0 Å². The van der Waals surface area contributed by atoms with Crippen LogP contribution in [0.5, 0.6) is 0 Å². The van der Waals surface area contributed by atoms with Crippen molar-refractivity contribution >= 4 is 43.7 Å². The summed E-state index contributed by atoms with van der Waals surface area (Å²) in [5.41, 5.74) is 16.2. The lowest BCUT2D eigenvalue weighted by Gasteiger charge is -2.12. The van der Waals surface area contributed by atoms with Crippen LogP contribution in [0.4, 0.5) is 0 Å². The van der Waals surface area contributed by atoms with Gasteiger partial charge in [-0.05, 0) is 82.4 Å². The van der Waals surface area contributed by atoms with Crippen LogP contribution in [0.3, 0.4) is 0 Å². The van der Waals surface area contributed by atoms with E-state index in [0.717, 1.165) is 83.5 Å². The quantitative estimate of drug-likeness (QED) is 0.172. The van der Waals surface area contributed by atoms with Crippen LogP contribution in [-0.2, 0) is 0 Å². The maximum Gasteiger partial charge on any atom is 0.143 e. The van der Waals surface area contributed by atoms with Gasteiger partial charge >= 0.3 is 0 Å². The number of pyridine rings is 1. The van der Waals surface area contributed by atoms with E-state index in [4.69, 9.17) is 9.40 Å². The van der Waals surface area contributed by atoms with Crippen LogP contribution in [0, 0.1) is 0 Å². The number of aromatic nitrogens is 2. The molecule has 0 atom stereocenters. The Morgan fingerprint density at radius 3 is 1.80 bits per heavy atom. The molecule has 11 aromatic rings. The van der Waals surface area contributed by atoms with Gasteiger partial charge in [0, 0.05) is 43.9 Å². The van der Waals surface area contributed by atoms with Crippen molar-refractivity contribution in [2.45, 2.75) is 0 Å². The number of furan rings is 1. The number of benzene rings is 8. The lowest BCUT2D eigenvalue weighted by Crippen LogP contribution is -1.94. The standard InChI is InChI=1S/C53H34N2O/c1-3-14-35(15-4-1)41-33-48(36-16-5-2-6-17-36)54-49(34-41)40-20-11-18-37(30-40)38-28-29-51-47(32-38)44-22-7-9-26-50(44)55(51)42-21-12-19-39(31-42)43-24-13-25-46-45-23-8-10-27-52(45)56-53(43)46/h1-34H. The molecule has 0 aliphatic carbocycles. The Bertz CT molecular complexity index is 3190. The molecule has 3 heteroatoms. The minimum absolute atomic E-state index is 0.906. The second-order valence-electron chi connectivity index (χ2n) is 14.4. The molecule has 0 fully saturated rings. The maximum atomic E-state index is 6.44. The predicted molar refractivity (Wildman–Crippen MR) is 233 cm³/mol. The number of hydrogen-bond donors (Lipinski definition) is 0. The molecule has 3 heterocycles. The average Bonchev–Trinajstić information content (AvgIpc) is 3.83. The summed E-state index contributed by atoms with van der Waals surface area (Å²) in [6, 6.07) is 73.3.